The third-order valence-electron chi connectivity index (χ3n) is 3.40. The van der Waals surface area contributed by atoms with Crippen molar-refractivity contribution in [1.29, 1.82) is 0 Å². The largest absolute Gasteiger partial charge is 0.490 e. The van der Waals surface area contributed by atoms with Crippen molar-refractivity contribution in [1.82, 2.24) is 5.32 Å². The van der Waals surface area contributed by atoms with Crippen molar-refractivity contribution < 1.29 is 14.3 Å². The maximum absolute atomic E-state index is 12.6. The number of ether oxygens (including phenoxy) is 2. The normalized spacial score (nSPS) is 10.2. The first-order valence-corrected chi connectivity index (χ1v) is 8.78. The van der Waals surface area contributed by atoms with Crippen LogP contribution in [0.1, 0.15) is 10.4 Å². The third-order valence-corrected chi connectivity index (χ3v) is 4.27. The highest BCUT2D eigenvalue weighted by Crippen LogP contribution is 2.23. The van der Waals surface area contributed by atoms with Crippen molar-refractivity contribution in [2.75, 3.05) is 32.3 Å². The molecule has 0 aliphatic rings. The summed E-state index contributed by atoms with van der Waals surface area (Å²) in [6.07, 6.45) is 0. The van der Waals surface area contributed by atoms with Crippen LogP contribution in [-0.4, -0.2) is 38.4 Å². The Balaban J connectivity index is 2.11. The predicted molar refractivity (Wildman–Crippen MR) is 106 cm³/mol. The van der Waals surface area contributed by atoms with Crippen molar-refractivity contribution in [2.24, 2.45) is 0 Å². The van der Waals surface area contributed by atoms with Crippen molar-refractivity contribution in [3.8, 4) is 5.75 Å². The Morgan fingerprint density at radius 2 is 1.92 bits per heavy atom. The first-order chi connectivity index (χ1) is 12.0. The Hall–Kier alpha value is -1.96. The lowest BCUT2D eigenvalue weighted by Gasteiger charge is -2.21. The second-order valence-electron chi connectivity index (χ2n) is 5.14. The fourth-order valence-corrected chi connectivity index (χ4v) is 2.62. The van der Waals surface area contributed by atoms with Gasteiger partial charge >= 0.3 is 0 Å². The van der Waals surface area contributed by atoms with Gasteiger partial charge in [-0.25, -0.2) is 0 Å². The van der Waals surface area contributed by atoms with Crippen LogP contribution in [0.15, 0.2) is 53.0 Å². The number of methoxy groups -OCH3 is 1. The summed E-state index contributed by atoms with van der Waals surface area (Å²) >= 11 is 8.71. The van der Waals surface area contributed by atoms with Gasteiger partial charge in [0, 0.05) is 24.3 Å². The van der Waals surface area contributed by atoms with E-state index in [1.165, 1.54) is 0 Å². The maximum atomic E-state index is 12.6. The van der Waals surface area contributed by atoms with E-state index in [-0.39, 0.29) is 5.91 Å². The molecule has 0 unspecified atom stereocenters. The van der Waals surface area contributed by atoms with Crippen LogP contribution in [0.25, 0.3) is 0 Å². The van der Waals surface area contributed by atoms with Crippen LogP contribution in [-0.2, 0) is 4.74 Å². The van der Waals surface area contributed by atoms with Gasteiger partial charge in [0.05, 0.1) is 12.2 Å². The monoisotopic (exact) mass is 422 g/mol. The summed E-state index contributed by atoms with van der Waals surface area (Å²) in [5, 5.41) is 3.04. The number of anilines is 1. The molecule has 0 bridgehead atoms. The van der Waals surface area contributed by atoms with Crippen LogP contribution >= 0.6 is 28.1 Å². The number of hydrogen-bond donors (Lipinski definition) is 1. The van der Waals surface area contributed by atoms with Crippen molar-refractivity contribution in [2.45, 2.75) is 0 Å². The molecule has 1 N–H and O–H groups in total. The summed E-state index contributed by atoms with van der Waals surface area (Å²) in [7, 11) is 3.39. The highest BCUT2D eigenvalue weighted by atomic mass is 79.9. The lowest BCUT2D eigenvalue weighted by Crippen LogP contribution is -2.40. The van der Waals surface area contributed by atoms with Gasteiger partial charge < -0.3 is 14.4 Å². The highest BCUT2D eigenvalue weighted by molar-refractivity contribution is 9.10. The van der Waals surface area contributed by atoms with E-state index < -0.39 is 0 Å². The molecule has 2 aromatic carbocycles. The van der Waals surface area contributed by atoms with Gasteiger partial charge in [-0.15, -0.1) is 0 Å². The van der Waals surface area contributed by atoms with E-state index in [4.69, 9.17) is 21.7 Å². The molecule has 2 rings (SSSR count). The number of rotatable bonds is 6. The molecule has 1 amide bonds. The van der Waals surface area contributed by atoms with Crippen molar-refractivity contribution in [3.63, 3.8) is 0 Å². The zero-order valence-corrected chi connectivity index (χ0v) is 16.4. The van der Waals surface area contributed by atoms with Gasteiger partial charge in [0.1, 0.15) is 12.4 Å². The van der Waals surface area contributed by atoms with Gasteiger partial charge in [-0.1, -0.05) is 34.1 Å². The number of nitrogens with one attached hydrogen (secondary N) is 1. The smallest absolute Gasteiger partial charge is 0.261 e. The Bertz CT molecular complexity index is 740. The number of carbonyl (C=O) groups excluding carboxylic acids is 1. The summed E-state index contributed by atoms with van der Waals surface area (Å²) in [4.78, 5) is 14.4. The molecule has 25 heavy (non-hydrogen) atoms. The average molecular weight is 423 g/mol. The number of benzene rings is 2. The Labute approximate surface area is 161 Å². The van der Waals surface area contributed by atoms with Crippen LogP contribution in [0.5, 0.6) is 5.75 Å². The van der Waals surface area contributed by atoms with E-state index in [0.29, 0.717) is 29.6 Å². The van der Waals surface area contributed by atoms with E-state index in [1.54, 1.807) is 31.2 Å². The van der Waals surface area contributed by atoms with Gasteiger partial charge in [0.15, 0.2) is 5.11 Å². The Morgan fingerprint density at radius 3 is 2.60 bits per heavy atom. The first kappa shape index (κ1) is 19.4. The molecule has 0 spiro atoms. The Kier molecular flexibility index (Phi) is 7.36. The van der Waals surface area contributed by atoms with E-state index in [1.807, 2.05) is 36.4 Å². The molecular weight excluding hydrogens is 404 g/mol. The predicted octanol–water partition coefficient (Wildman–Crippen LogP) is 3.63. The van der Waals surface area contributed by atoms with Crippen LogP contribution in [0.4, 0.5) is 5.69 Å². The lowest BCUT2D eigenvalue weighted by molar-refractivity contribution is 0.0969. The SMILES string of the molecule is COCCOc1ccc(Br)cc1C(=O)NC(=S)N(C)c1ccccc1. The summed E-state index contributed by atoms with van der Waals surface area (Å²) < 4.78 is 11.4. The second-order valence-corrected chi connectivity index (χ2v) is 6.44. The zero-order chi connectivity index (χ0) is 18.2. The van der Waals surface area contributed by atoms with E-state index in [9.17, 15) is 4.79 Å². The third kappa shape index (κ3) is 5.52. The van der Waals surface area contributed by atoms with E-state index in [0.717, 1.165) is 10.2 Å². The minimum Gasteiger partial charge on any atom is -0.490 e. The highest BCUT2D eigenvalue weighted by Gasteiger charge is 2.17. The molecule has 0 atom stereocenters. The molecule has 5 nitrogen and oxygen atoms in total. The summed E-state index contributed by atoms with van der Waals surface area (Å²) in [6, 6.07) is 14.8. The number of carbonyl (C=O) groups is 1. The molecule has 0 heterocycles. The van der Waals surface area contributed by atoms with Crippen LogP contribution in [0.3, 0.4) is 0 Å². The summed E-state index contributed by atoms with van der Waals surface area (Å²) in [5.74, 6) is 0.143. The van der Waals surface area contributed by atoms with E-state index >= 15 is 0 Å². The topological polar surface area (TPSA) is 50.8 Å². The van der Waals surface area contributed by atoms with Gasteiger partial charge in [0.2, 0.25) is 0 Å². The molecule has 132 valence electrons. The Morgan fingerprint density at radius 1 is 1.20 bits per heavy atom. The molecule has 0 fully saturated rings. The lowest BCUT2D eigenvalue weighted by atomic mass is 10.2. The van der Waals surface area contributed by atoms with Gasteiger partial charge in [-0.3, -0.25) is 10.1 Å². The van der Waals surface area contributed by atoms with Crippen LogP contribution in [0, 0.1) is 0 Å². The molecule has 0 radical (unpaired) electrons. The molecule has 0 saturated heterocycles. The van der Waals surface area contributed by atoms with Gasteiger partial charge in [-0.2, -0.15) is 0 Å². The molecule has 7 heteroatoms. The number of thiocarbonyl (C=S) groups is 1. The van der Waals surface area contributed by atoms with Gasteiger partial charge in [0.25, 0.3) is 5.91 Å². The fraction of sp³-hybridized carbons (Fsp3) is 0.222. The van der Waals surface area contributed by atoms with E-state index in [2.05, 4.69) is 21.2 Å². The minimum atomic E-state index is -0.332. The minimum absolute atomic E-state index is 0.305. The quantitative estimate of drug-likeness (QED) is 0.568. The number of amides is 1. The number of halogens is 1. The standard InChI is InChI=1S/C18H19BrN2O3S/c1-21(14-6-4-3-5-7-14)18(25)20-17(22)15-12-13(19)8-9-16(15)24-11-10-23-2/h3-9,12H,10-11H2,1-2H3,(H,20,22,25). The number of para-hydroxylation sites is 1. The first-order valence-electron chi connectivity index (χ1n) is 7.58. The molecule has 0 aliphatic carbocycles. The van der Waals surface area contributed by atoms with Crippen LogP contribution < -0.4 is 15.0 Å². The molecule has 0 aliphatic heterocycles. The average Bonchev–Trinajstić information content (AvgIpc) is 2.63. The molecular formula is C18H19BrN2O3S. The summed E-state index contributed by atoms with van der Waals surface area (Å²) in [6.45, 7) is 0.791. The summed E-state index contributed by atoms with van der Waals surface area (Å²) in [5.41, 5.74) is 1.29. The van der Waals surface area contributed by atoms with Crippen molar-refractivity contribution in [3.05, 3.63) is 58.6 Å². The number of nitrogens with zero attached hydrogens (tertiary/aromatic N) is 1. The maximum Gasteiger partial charge on any atom is 0.261 e. The van der Waals surface area contributed by atoms with Crippen LogP contribution in [0.2, 0.25) is 0 Å². The number of hydrogen-bond acceptors (Lipinski definition) is 4. The molecule has 0 aromatic heterocycles. The zero-order valence-electron chi connectivity index (χ0n) is 14.0. The molecule has 0 saturated carbocycles. The fourth-order valence-electron chi connectivity index (χ4n) is 2.06. The van der Waals surface area contributed by atoms with Crippen molar-refractivity contribution >= 4 is 44.9 Å². The van der Waals surface area contributed by atoms with Gasteiger partial charge in [-0.05, 0) is 42.5 Å². The second kappa shape index (κ2) is 9.50. The molecule has 2 aromatic rings.